The summed E-state index contributed by atoms with van der Waals surface area (Å²) in [5, 5.41) is 3.05. The molecular formula is C18H37NO3S. The van der Waals surface area contributed by atoms with Crippen molar-refractivity contribution in [3.63, 3.8) is 0 Å². The van der Waals surface area contributed by atoms with Gasteiger partial charge in [0.05, 0.1) is 5.75 Å². The fourth-order valence-electron chi connectivity index (χ4n) is 2.01. The summed E-state index contributed by atoms with van der Waals surface area (Å²) in [6.45, 7) is 13.3. The molecule has 0 aliphatic carbocycles. The maximum absolute atomic E-state index is 10.4. The lowest BCUT2D eigenvalue weighted by Crippen LogP contribution is -2.11. The van der Waals surface area contributed by atoms with E-state index in [-0.39, 0.29) is 5.75 Å². The minimum Gasteiger partial charge on any atom is -0.310 e. The van der Waals surface area contributed by atoms with E-state index in [1.165, 1.54) is 32.1 Å². The van der Waals surface area contributed by atoms with Crippen LogP contribution in [0.3, 0.4) is 0 Å². The van der Waals surface area contributed by atoms with Crippen molar-refractivity contribution in [2.45, 2.75) is 65.2 Å². The first-order valence-corrected chi connectivity index (χ1v) is 10.3. The average Bonchev–Trinajstić information content (AvgIpc) is 2.45. The highest BCUT2D eigenvalue weighted by atomic mass is 32.2. The van der Waals surface area contributed by atoms with Gasteiger partial charge in [-0.15, -0.1) is 13.2 Å². The first-order chi connectivity index (χ1) is 10.8. The summed E-state index contributed by atoms with van der Waals surface area (Å²) in [5.41, 5.74) is 0. The lowest BCUT2D eigenvalue weighted by atomic mass is 10.0. The number of rotatable bonds is 14. The molecule has 0 rings (SSSR count). The molecule has 4 nitrogen and oxygen atoms in total. The summed E-state index contributed by atoms with van der Waals surface area (Å²) in [6, 6.07) is 0. The average molecular weight is 348 g/mol. The summed E-state index contributed by atoms with van der Waals surface area (Å²) >= 11 is 0. The molecule has 0 bridgehead atoms. The van der Waals surface area contributed by atoms with E-state index in [1.54, 1.807) is 0 Å². The molecule has 0 aromatic heterocycles. The quantitative estimate of drug-likeness (QED) is 0.274. The third-order valence-corrected chi connectivity index (χ3v) is 4.07. The van der Waals surface area contributed by atoms with Crippen LogP contribution in [0.15, 0.2) is 25.3 Å². The predicted molar refractivity (Wildman–Crippen MR) is 101 cm³/mol. The van der Waals surface area contributed by atoms with Gasteiger partial charge in [0.15, 0.2) is 0 Å². The lowest BCUT2D eigenvalue weighted by Gasteiger charge is -2.04. The first kappa shape index (κ1) is 24.6. The zero-order valence-electron chi connectivity index (χ0n) is 15.1. The lowest BCUT2D eigenvalue weighted by molar-refractivity contribution is 0.477. The van der Waals surface area contributed by atoms with E-state index in [9.17, 15) is 8.42 Å². The molecule has 0 aliphatic heterocycles. The van der Waals surface area contributed by atoms with Crippen LogP contribution in [-0.2, 0) is 10.1 Å². The summed E-state index contributed by atoms with van der Waals surface area (Å²) in [5.74, 6) is 0.718. The molecule has 0 unspecified atom stereocenters. The van der Waals surface area contributed by atoms with E-state index in [0.29, 0.717) is 6.42 Å². The van der Waals surface area contributed by atoms with E-state index in [1.807, 2.05) is 12.2 Å². The molecule has 0 aromatic rings. The predicted octanol–water partition coefficient (Wildman–Crippen LogP) is 4.60. The highest BCUT2D eigenvalue weighted by Gasteiger charge is 2.02. The van der Waals surface area contributed by atoms with Gasteiger partial charge in [-0.25, -0.2) is 0 Å². The zero-order chi connectivity index (χ0) is 18.0. The van der Waals surface area contributed by atoms with Crippen LogP contribution >= 0.6 is 0 Å². The Kier molecular flexibility index (Phi) is 18.9. The van der Waals surface area contributed by atoms with Crippen molar-refractivity contribution in [1.29, 1.82) is 0 Å². The van der Waals surface area contributed by atoms with Gasteiger partial charge >= 0.3 is 0 Å². The summed E-state index contributed by atoms with van der Waals surface area (Å²) < 4.78 is 29.4. The Morgan fingerprint density at radius 2 is 1.35 bits per heavy atom. The van der Waals surface area contributed by atoms with Crippen LogP contribution in [-0.4, -0.2) is 31.8 Å². The smallest absolute Gasteiger partial charge is 0.264 e. The molecule has 2 N–H and O–H groups in total. The van der Waals surface area contributed by atoms with Crippen molar-refractivity contribution in [1.82, 2.24) is 5.32 Å². The summed E-state index contributed by atoms with van der Waals surface area (Å²) in [7, 11) is -3.74. The first-order valence-electron chi connectivity index (χ1n) is 8.71. The molecule has 0 atom stereocenters. The van der Waals surface area contributed by atoms with E-state index < -0.39 is 10.1 Å². The van der Waals surface area contributed by atoms with Crippen LogP contribution < -0.4 is 5.32 Å². The summed E-state index contributed by atoms with van der Waals surface area (Å²) in [6.07, 6.45) is 12.6. The number of unbranched alkanes of at least 4 members (excludes halogenated alkanes) is 6. The molecule has 0 fully saturated rings. The largest absolute Gasteiger partial charge is 0.310 e. The van der Waals surface area contributed by atoms with Crippen molar-refractivity contribution >= 4 is 10.1 Å². The van der Waals surface area contributed by atoms with Crippen molar-refractivity contribution in [2.75, 3.05) is 18.8 Å². The van der Waals surface area contributed by atoms with Crippen LogP contribution in [0.2, 0.25) is 0 Å². The van der Waals surface area contributed by atoms with Crippen LogP contribution in [0.4, 0.5) is 0 Å². The van der Waals surface area contributed by atoms with Gasteiger partial charge in [0, 0.05) is 13.1 Å². The van der Waals surface area contributed by atoms with Crippen molar-refractivity contribution in [3.8, 4) is 0 Å². The topological polar surface area (TPSA) is 66.4 Å². The fourth-order valence-corrected chi connectivity index (χ4v) is 2.58. The molecule has 0 saturated carbocycles. The molecular weight excluding hydrogens is 310 g/mol. The van der Waals surface area contributed by atoms with Gasteiger partial charge < -0.3 is 5.32 Å². The molecule has 5 heteroatoms. The molecule has 0 heterocycles. The third kappa shape index (κ3) is 29.9. The van der Waals surface area contributed by atoms with Gasteiger partial charge in [-0.2, -0.15) is 8.42 Å². The minimum atomic E-state index is -3.74. The zero-order valence-corrected chi connectivity index (χ0v) is 15.9. The molecule has 0 saturated heterocycles. The second-order valence-electron chi connectivity index (χ2n) is 6.18. The van der Waals surface area contributed by atoms with Crippen molar-refractivity contribution < 1.29 is 13.0 Å². The number of hydrogen-bond acceptors (Lipinski definition) is 3. The molecule has 138 valence electrons. The highest BCUT2D eigenvalue weighted by molar-refractivity contribution is 7.85. The maximum atomic E-state index is 10.4. The van der Waals surface area contributed by atoms with Gasteiger partial charge in [0.2, 0.25) is 0 Å². The van der Waals surface area contributed by atoms with Crippen LogP contribution in [0.5, 0.6) is 0 Å². The Bertz CT molecular complexity index is 356. The van der Waals surface area contributed by atoms with E-state index in [2.05, 4.69) is 32.3 Å². The van der Waals surface area contributed by atoms with Gasteiger partial charge in [-0.1, -0.05) is 70.9 Å². The Balaban J connectivity index is 0. The highest BCUT2D eigenvalue weighted by Crippen LogP contribution is 2.12. The second-order valence-corrected chi connectivity index (χ2v) is 7.75. The number of hydrogen-bond donors (Lipinski definition) is 2. The fraction of sp³-hybridized carbons (Fsp3) is 0.778. The van der Waals surface area contributed by atoms with Gasteiger partial charge in [-0.3, -0.25) is 4.55 Å². The Hall–Kier alpha value is -0.650. The SMILES string of the molecule is C=CCNCC=C.CC(C)CCCCCCCCCS(=O)(=O)O. The normalized spacial score (nSPS) is 11.0. The van der Waals surface area contributed by atoms with E-state index >= 15 is 0 Å². The molecule has 0 spiro atoms. The van der Waals surface area contributed by atoms with Gasteiger partial charge in [-0.05, 0) is 12.3 Å². The Labute approximate surface area is 144 Å². The molecule has 0 amide bonds. The molecule has 0 radical (unpaired) electrons. The monoisotopic (exact) mass is 347 g/mol. The van der Waals surface area contributed by atoms with Crippen LogP contribution in [0.25, 0.3) is 0 Å². The van der Waals surface area contributed by atoms with E-state index in [0.717, 1.165) is 31.8 Å². The maximum Gasteiger partial charge on any atom is 0.264 e. The van der Waals surface area contributed by atoms with Crippen molar-refractivity contribution in [2.24, 2.45) is 5.92 Å². The Morgan fingerprint density at radius 3 is 1.74 bits per heavy atom. The van der Waals surface area contributed by atoms with Crippen molar-refractivity contribution in [3.05, 3.63) is 25.3 Å². The minimum absolute atomic E-state index is 0.0830. The number of nitrogens with one attached hydrogen (secondary N) is 1. The molecule has 0 aromatic carbocycles. The van der Waals surface area contributed by atoms with Gasteiger partial charge in [0.1, 0.15) is 0 Å². The molecule has 0 aliphatic rings. The van der Waals surface area contributed by atoms with Gasteiger partial charge in [0.25, 0.3) is 10.1 Å². The van der Waals surface area contributed by atoms with Crippen LogP contribution in [0, 0.1) is 5.92 Å². The Morgan fingerprint density at radius 1 is 0.913 bits per heavy atom. The third-order valence-electron chi connectivity index (χ3n) is 3.26. The standard InChI is InChI=1S/C12H26O3S.C6H11N/c1-12(2)10-8-6-4-3-5-7-9-11-16(13,14)15;1-3-5-7-6-4-2/h12H,3-11H2,1-2H3,(H,13,14,15);3-4,7H,1-2,5-6H2. The van der Waals surface area contributed by atoms with E-state index in [4.69, 9.17) is 4.55 Å². The second kappa shape index (κ2) is 17.7. The van der Waals surface area contributed by atoms with Crippen LogP contribution in [0.1, 0.15) is 65.2 Å². The molecule has 23 heavy (non-hydrogen) atoms. The summed E-state index contributed by atoms with van der Waals surface area (Å²) in [4.78, 5) is 0.